The van der Waals surface area contributed by atoms with Gasteiger partial charge in [-0.1, -0.05) is 11.6 Å². The van der Waals surface area contributed by atoms with Crippen molar-refractivity contribution < 1.29 is 17.9 Å². The van der Waals surface area contributed by atoms with Crippen molar-refractivity contribution in [3.05, 3.63) is 29.3 Å². The summed E-state index contributed by atoms with van der Waals surface area (Å²) in [5.74, 6) is -0.641. The Morgan fingerprint density at radius 1 is 1.45 bits per heavy atom. The summed E-state index contributed by atoms with van der Waals surface area (Å²) in [6.07, 6.45) is -1.01. The minimum Gasteiger partial charge on any atom is -0.447 e. The molecule has 0 spiro atoms. The Balaban J connectivity index is 2.51. The zero-order chi connectivity index (χ0) is 15.2. The van der Waals surface area contributed by atoms with Gasteiger partial charge in [0, 0.05) is 11.6 Å². The van der Waals surface area contributed by atoms with Gasteiger partial charge in [-0.3, -0.25) is 4.79 Å². The molecule has 0 unspecified atom stereocenters. The van der Waals surface area contributed by atoms with Gasteiger partial charge < -0.3 is 4.74 Å². The molecule has 0 aliphatic carbocycles. The van der Waals surface area contributed by atoms with E-state index in [2.05, 4.69) is 9.46 Å². The van der Waals surface area contributed by atoms with Gasteiger partial charge in [-0.15, -0.1) is 0 Å². The van der Waals surface area contributed by atoms with Crippen LogP contribution in [0, 0.1) is 11.3 Å². The molecule has 1 aromatic rings. The van der Waals surface area contributed by atoms with Crippen LogP contribution in [0.2, 0.25) is 5.02 Å². The van der Waals surface area contributed by atoms with Gasteiger partial charge in [-0.25, -0.2) is 13.1 Å². The highest BCUT2D eigenvalue weighted by Crippen LogP contribution is 2.13. The topological polar surface area (TPSA) is 96.3 Å². The van der Waals surface area contributed by atoms with Gasteiger partial charge >= 0.3 is 5.97 Å². The standard InChI is InChI=1S/C12H13ClN2O4S/c1-9(8-14)19-12(16)6-7-15-20(17,18)11-4-2-10(13)3-5-11/h2-5,9,15H,6-7H2,1H3/t9-/m1/s1. The molecular formula is C12H13ClN2O4S. The van der Waals surface area contributed by atoms with Crippen LogP contribution >= 0.6 is 11.6 Å². The average Bonchev–Trinajstić information content (AvgIpc) is 2.38. The maximum absolute atomic E-state index is 11.8. The van der Waals surface area contributed by atoms with Crippen LogP contribution in [0.5, 0.6) is 0 Å². The van der Waals surface area contributed by atoms with E-state index in [0.717, 1.165) is 0 Å². The first-order valence-corrected chi connectivity index (χ1v) is 7.55. The normalized spacial score (nSPS) is 12.4. The number of nitrogens with one attached hydrogen (secondary N) is 1. The SMILES string of the molecule is C[C@H](C#N)OC(=O)CCNS(=O)(=O)c1ccc(Cl)cc1. The molecule has 1 rings (SSSR count). The van der Waals surface area contributed by atoms with E-state index in [1.54, 1.807) is 6.07 Å². The van der Waals surface area contributed by atoms with Gasteiger partial charge in [0.1, 0.15) is 6.07 Å². The van der Waals surface area contributed by atoms with Crippen molar-refractivity contribution in [2.75, 3.05) is 6.54 Å². The number of sulfonamides is 1. The predicted molar refractivity (Wildman–Crippen MR) is 72.4 cm³/mol. The number of benzene rings is 1. The van der Waals surface area contributed by atoms with Crippen LogP contribution in [0.4, 0.5) is 0 Å². The molecule has 108 valence electrons. The molecule has 0 saturated carbocycles. The minimum absolute atomic E-state index is 0.0562. The maximum atomic E-state index is 11.8. The molecule has 0 radical (unpaired) electrons. The zero-order valence-corrected chi connectivity index (χ0v) is 12.2. The maximum Gasteiger partial charge on any atom is 0.308 e. The molecule has 0 amide bonds. The molecule has 0 bridgehead atoms. The van der Waals surface area contributed by atoms with Gasteiger partial charge in [0.05, 0.1) is 11.3 Å². The van der Waals surface area contributed by atoms with Crippen LogP contribution in [0.3, 0.4) is 0 Å². The third-order valence-electron chi connectivity index (χ3n) is 2.24. The number of hydrogen-bond donors (Lipinski definition) is 1. The minimum atomic E-state index is -3.69. The van der Waals surface area contributed by atoms with E-state index in [1.165, 1.54) is 31.2 Å². The fourth-order valence-electron chi connectivity index (χ4n) is 1.27. The van der Waals surface area contributed by atoms with Crippen molar-refractivity contribution in [3.8, 4) is 6.07 Å². The van der Waals surface area contributed by atoms with Crippen molar-refractivity contribution in [1.82, 2.24) is 4.72 Å². The summed E-state index contributed by atoms with van der Waals surface area (Å²) >= 11 is 5.67. The zero-order valence-electron chi connectivity index (χ0n) is 10.7. The average molecular weight is 317 g/mol. The molecule has 0 aliphatic rings. The number of nitriles is 1. The molecule has 1 aromatic carbocycles. The van der Waals surface area contributed by atoms with E-state index >= 15 is 0 Å². The Bertz CT molecular complexity index is 607. The van der Waals surface area contributed by atoms with E-state index < -0.39 is 22.1 Å². The Morgan fingerprint density at radius 3 is 2.60 bits per heavy atom. The lowest BCUT2D eigenvalue weighted by Crippen LogP contribution is -2.27. The van der Waals surface area contributed by atoms with Crippen molar-refractivity contribution in [2.45, 2.75) is 24.3 Å². The van der Waals surface area contributed by atoms with Gasteiger partial charge in [0.25, 0.3) is 0 Å². The summed E-state index contributed by atoms with van der Waals surface area (Å²) in [5.41, 5.74) is 0. The molecule has 0 aromatic heterocycles. The third-order valence-corrected chi connectivity index (χ3v) is 3.96. The first-order valence-electron chi connectivity index (χ1n) is 5.69. The number of esters is 1. The first-order chi connectivity index (χ1) is 9.35. The lowest BCUT2D eigenvalue weighted by molar-refractivity contribution is -0.145. The number of carbonyl (C=O) groups excluding carboxylic acids is 1. The second-order valence-corrected chi connectivity index (χ2v) is 6.07. The highest BCUT2D eigenvalue weighted by molar-refractivity contribution is 7.89. The van der Waals surface area contributed by atoms with E-state index in [-0.39, 0.29) is 17.9 Å². The van der Waals surface area contributed by atoms with E-state index in [9.17, 15) is 13.2 Å². The van der Waals surface area contributed by atoms with Crippen LogP contribution in [0.25, 0.3) is 0 Å². The summed E-state index contributed by atoms with van der Waals surface area (Å²) in [5, 5.41) is 8.89. The number of hydrogen-bond acceptors (Lipinski definition) is 5. The molecule has 8 heteroatoms. The van der Waals surface area contributed by atoms with Crippen LogP contribution in [0.1, 0.15) is 13.3 Å². The molecule has 0 heterocycles. The van der Waals surface area contributed by atoms with Crippen molar-refractivity contribution in [1.29, 1.82) is 5.26 Å². The number of ether oxygens (including phenoxy) is 1. The fraction of sp³-hybridized carbons (Fsp3) is 0.333. The molecular weight excluding hydrogens is 304 g/mol. The van der Waals surface area contributed by atoms with Gasteiger partial charge in [-0.05, 0) is 31.2 Å². The molecule has 0 aliphatic heterocycles. The van der Waals surface area contributed by atoms with E-state index in [0.29, 0.717) is 5.02 Å². The second-order valence-electron chi connectivity index (χ2n) is 3.86. The largest absolute Gasteiger partial charge is 0.447 e. The molecule has 1 N–H and O–H groups in total. The van der Waals surface area contributed by atoms with Crippen LogP contribution in [-0.2, 0) is 19.6 Å². The number of halogens is 1. The summed E-state index contributed by atoms with van der Waals surface area (Å²) in [7, 11) is -3.69. The molecule has 20 heavy (non-hydrogen) atoms. The van der Waals surface area contributed by atoms with Crippen molar-refractivity contribution in [3.63, 3.8) is 0 Å². The Morgan fingerprint density at radius 2 is 2.05 bits per heavy atom. The lowest BCUT2D eigenvalue weighted by Gasteiger charge is -2.08. The smallest absolute Gasteiger partial charge is 0.308 e. The monoisotopic (exact) mass is 316 g/mol. The number of nitrogens with zero attached hydrogens (tertiary/aromatic N) is 1. The van der Waals surface area contributed by atoms with Gasteiger partial charge in [0.2, 0.25) is 10.0 Å². The highest BCUT2D eigenvalue weighted by Gasteiger charge is 2.15. The van der Waals surface area contributed by atoms with E-state index in [4.69, 9.17) is 16.9 Å². The predicted octanol–water partition coefficient (Wildman–Crippen LogP) is 1.46. The number of carbonyl (C=O) groups is 1. The van der Waals surface area contributed by atoms with Crippen LogP contribution in [0.15, 0.2) is 29.2 Å². The van der Waals surface area contributed by atoms with Gasteiger partial charge in [0.15, 0.2) is 6.10 Å². The summed E-state index contributed by atoms with van der Waals surface area (Å²) in [6, 6.07) is 7.38. The molecule has 6 nitrogen and oxygen atoms in total. The Hall–Kier alpha value is -1.62. The molecule has 1 atom stereocenters. The molecule has 0 fully saturated rings. The molecule has 0 saturated heterocycles. The number of rotatable bonds is 6. The quantitative estimate of drug-likeness (QED) is 0.801. The summed E-state index contributed by atoms with van der Waals surface area (Å²) in [4.78, 5) is 11.3. The van der Waals surface area contributed by atoms with Crippen molar-refractivity contribution in [2.24, 2.45) is 0 Å². The fourth-order valence-corrected chi connectivity index (χ4v) is 2.42. The second kappa shape index (κ2) is 7.24. The first kappa shape index (κ1) is 16.4. The van der Waals surface area contributed by atoms with E-state index in [1.807, 2.05) is 0 Å². The third kappa shape index (κ3) is 5.17. The summed E-state index contributed by atoms with van der Waals surface area (Å²) < 4.78 is 30.6. The lowest BCUT2D eigenvalue weighted by atomic mass is 10.4. The van der Waals surface area contributed by atoms with Crippen LogP contribution in [-0.4, -0.2) is 27.0 Å². The Labute approximate surface area is 122 Å². The highest BCUT2D eigenvalue weighted by atomic mass is 35.5. The van der Waals surface area contributed by atoms with Crippen molar-refractivity contribution >= 4 is 27.6 Å². The summed E-state index contributed by atoms with van der Waals surface area (Å²) in [6.45, 7) is 1.32. The van der Waals surface area contributed by atoms with Crippen LogP contribution < -0.4 is 4.72 Å². The van der Waals surface area contributed by atoms with Gasteiger partial charge in [-0.2, -0.15) is 5.26 Å². The Kier molecular flexibility index (Phi) is 5.95.